The number of rotatable bonds is 5. The number of carbonyl (C=O) groups is 2. The molecule has 3 atom stereocenters. The number of hydrogen-bond donors (Lipinski definition) is 3. The molecule has 0 saturated carbocycles. The van der Waals surface area contributed by atoms with Gasteiger partial charge in [-0.2, -0.15) is 0 Å². The minimum Gasteiger partial charge on any atom is -0.504 e. The standard InChI is InChI=1S/C20H22FN3O4/c1-11(19(26)24-18-15(25)4-3-9-22-18)12(2)23-20(27)16-8-6-13-5-7-14(21)10-17(13)28-16/h3-5,7,9-12,16,25H,6,8H2,1-2H3,(H,23,27)(H,22,24,26). The van der Waals surface area contributed by atoms with Gasteiger partial charge in [0.05, 0.1) is 5.92 Å². The summed E-state index contributed by atoms with van der Waals surface area (Å²) >= 11 is 0. The van der Waals surface area contributed by atoms with Crippen LogP contribution < -0.4 is 15.4 Å². The molecule has 148 valence electrons. The van der Waals surface area contributed by atoms with Gasteiger partial charge in [0.1, 0.15) is 11.6 Å². The normalized spacial score (nSPS) is 17.6. The van der Waals surface area contributed by atoms with Crippen molar-refractivity contribution in [1.29, 1.82) is 0 Å². The molecule has 3 unspecified atom stereocenters. The molecule has 1 aliphatic rings. The molecule has 1 aromatic heterocycles. The zero-order valence-electron chi connectivity index (χ0n) is 15.6. The summed E-state index contributed by atoms with van der Waals surface area (Å²) in [5.74, 6) is -1.46. The van der Waals surface area contributed by atoms with Crippen LogP contribution in [-0.2, 0) is 16.0 Å². The van der Waals surface area contributed by atoms with E-state index >= 15 is 0 Å². The predicted octanol–water partition coefficient (Wildman–Crippen LogP) is 2.40. The number of pyridine rings is 1. The Morgan fingerprint density at radius 1 is 1.32 bits per heavy atom. The maximum absolute atomic E-state index is 13.4. The Balaban J connectivity index is 1.57. The number of hydrogen-bond acceptors (Lipinski definition) is 5. The third kappa shape index (κ3) is 4.39. The third-order valence-electron chi connectivity index (χ3n) is 4.83. The fourth-order valence-corrected chi connectivity index (χ4v) is 2.92. The smallest absolute Gasteiger partial charge is 0.261 e. The highest BCUT2D eigenvalue weighted by Crippen LogP contribution is 2.28. The first kappa shape index (κ1) is 19.6. The van der Waals surface area contributed by atoms with Crippen LogP contribution in [0.4, 0.5) is 10.2 Å². The number of benzene rings is 1. The summed E-state index contributed by atoms with van der Waals surface area (Å²) in [6, 6.07) is 6.76. The molecular weight excluding hydrogens is 365 g/mol. The predicted molar refractivity (Wildman–Crippen MR) is 100 cm³/mol. The molecule has 2 aromatic rings. The molecule has 0 spiro atoms. The van der Waals surface area contributed by atoms with Crippen molar-refractivity contribution in [3.63, 3.8) is 0 Å². The van der Waals surface area contributed by atoms with Gasteiger partial charge in [0.15, 0.2) is 17.7 Å². The number of anilines is 1. The first-order valence-corrected chi connectivity index (χ1v) is 9.05. The van der Waals surface area contributed by atoms with Crippen molar-refractivity contribution in [2.75, 3.05) is 5.32 Å². The summed E-state index contributed by atoms with van der Waals surface area (Å²) in [4.78, 5) is 28.8. The monoisotopic (exact) mass is 387 g/mol. The van der Waals surface area contributed by atoms with Gasteiger partial charge in [0.25, 0.3) is 5.91 Å². The van der Waals surface area contributed by atoms with E-state index in [1.165, 1.54) is 24.4 Å². The molecule has 3 N–H and O–H groups in total. The Labute approximate surface area is 161 Å². The van der Waals surface area contributed by atoms with Gasteiger partial charge in [-0.1, -0.05) is 13.0 Å². The molecule has 7 nitrogen and oxygen atoms in total. The second kappa shape index (κ2) is 8.24. The summed E-state index contributed by atoms with van der Waals surface area (Å²) in [6.45, 7) is 3.36. The van der Waals surface area contributed by atoms with Gasteiger partial charge in [-0.15, -0.1) is 0 Å². The second-order valence-corrected chi connectivity index (χ2v) is 6.84. The number of aromatic hydroxyl groups is 1. The summed E-state index contributed by atoms with van der Waals surface area (Å²) in [7, 11) is 0. The van der Waals surface area contributed by atoms with Crippen LogP contribution in [0.15, 0.2) is 36.5 Å². The quantitative estimate of drug-likeness (QED) is 0.731. The molecule has 0 saturated heterocycles. The Hall–Kier alpha value is -3.16. The summed E-state index contributed by atoms with van der Waals surface area (Å²) < 4.78 is 19.0. The first-order chi connectivity index (χ1) is 13.3. The Kier molecular flexibility index (Phi) is 5.77. The number of aromatic nitrogens is 1. The van der Waals surface area contributed by atoms with E-state index < -0.39 is 29.8 Å². The van der Waals surface area contributed by atoms with Crippen molar-refractivity contribution in [2.24, 2.45) is 5.92 Å². The zero-order valence-corrected chi connectivity index (χ0v) is 15.6. The van der Waals surface area contributed by atoms with Gasteiger partial charge in [-0.05, 0) is 43.5 Å². The van der Waals surface area contributed by atoms with Crippen molar-refractivity contribution in [3.05, 3.63) is 47.9 Å². The minimum absolute atomic E-state index is 0.0622. The van der Waals surface area contributed by atoms with Crippen LogP contribution in [0.1, 0.15) is 25.8 Å². The Bertz CT molecular complexity index is 890. The lowest BCUT2D eigenvalue weighted by molar-refractivity contribution is -0.130. The van der Waals surface area contributed by atoms with Crippen molar-refractivity contribution in [1.82, 2.24) is 10.3 Å². The number of amides is 2. The van der Waals surface area contributed by atoms with Gasteiger partial charge in [-0.3, -0.25) is 9.59 Å². The molecule has 3 rings (SSSR count). The highest BCUT2D eigenvalue weighted by molar-refractivity contribution is 5.93. The van der Waals surface area contributed by atoms with E-state index in [9.17, 15) is 19.1 Å². The molecular formula is C20H22FN3O4. The number of ether oxygens (including phenoxy) is 1. The Morgan fingerprint density at radius 2 is 2.11 bits per heavy atom. The molecule has 2 amide bonds. The maximum Gasteiger partial charge on any atom is 0.261 e. The van der Waals surface area contributed by atoms with E-state index in [1.807, 2.05) is 0 Å². The molecule has 0 radical (unpaired) electrons. The molecule has 2 heterocycles. The second-order valence-electron chi connectivity index (χ2n) is 6.84. The molecule has 0 aliphatic carbocycles. The van der Waals surface area contributed by atoms with Crippen molar-refractivity contribution in [2.45, 2.75) is 38.8 Å². The zero-order chi connectivity index (χ0) is 20.3. The summed E-state index contributed by atoms with van der Waals surface area (Å²) in [5.41, 5.74) is 0.862. The highest BCUT2D eigenvalue weighted by Gasteiger charge is 2.30. The SMILES string of the molecule is CC(NC(=O)C1CCc2ccc(F)cc2O1)C(C)C(=O)Nc1ncccc1O. The Morgan fingerprint density at radius 3 is 2.86 bits per heavy atom. The number of nitrogens with one attached hydrogen (secondary N) is 2. The van der Waals surface area contributed by atoms with Crippen LogP contribution in [0.3, 0.4) is 0 Å². The van der Waals surface area contributed by atoms with E-state index in [-0.39, 0.29) is 17.5 Å². The average molecular weight is 387 g/mol. The molecule has 28 heavy (non-hydrogen) atoms. The van der Waals surface area contributed by atoms with Crippen molar-refractivity contribution in [3.8, 4) is 11.5 Å². The van der Waals surface area contributed by atoms with Crippen LogP contribution >= 0.6 is 0 Å². The molecule has 0 bridgehead atoms. The molecule has 1 aromatic carbocycles. The lowest BCUT2D eigenvalue weighted by atomic mass is 9.99. The van der Waals surface area contributed by atoms with E-state index in [4.69, 9.17) is 4.74 Å². The van der Waals surface area contributed by atoms with Crippen LogP contribution in [0, 0.1) is 11.7 Å². The lowest BCUT2D eigenvalue weighted by Gasteiger charge is -2.28. The van der Waals surface area contributed by atoms with Crippen LogP contribution in [0.2, 0.25) is 0 Å². The maximum atomic E-state index is 13.4. The molecule has 8 heteroatoms. The topological polar surface area (TPSA) is 101 Å². The summed E-state index contributed by atoms with van der Waals surface area (Å²) in [6.07, 6.45) is 1.79. The van der Waals surface area contributed by atoms with Crippen molar-refractivity contribution >= 4 is 17.6 Å². The average Bonchev–Trinajstić information content (AvgIpc) is 2.68. The van der Waals surface area contributed by atoms with Gasteiger partial charge >= 0.3 is 0 Å². The fourth-order valence-electron chi connectivity index (χ4n) is 2.92. The van der Waals surface area contributed by atoms with E-state index in [0.29, 0.717) is 18.6 Å². The van der Waals surface area contributed by atoms with E-state index in [0.717, 1.165) is 5.56 Å². The first-order valence-electron chi connectivity index (χ1n) is 9.05. The van der Waals surface area contributed by atoms with Gasteiger partial charge in [0, 0.05) is 18.3 Å². The third-order valence-corrected chi connectivity index (χ3v) is 4.83. The lowest BCUT2D eigenvalue weighted by Crippen LogP contribution is -2.48. The largest absolute Gasteiger partial charge is 0.504 e. The van der Waals surface area contributed by atoms with Crippen LogP contribution in [0.25, 0.3) is 0 Å². The number of aryl methyl sites for hydroxylation is 1. The van der Waals surface area contributed by atoms with E-state index in [1.54, 1.807) is 26.0 Å². The fraction of sp³-hybridized carbons (Fsp3) is 0.350. The van der Waals surface area contributed by atoms with Crippen molar-refractivity contribution < 1.29 is 23.8 Å². The highest BCUT2D eigenvalue weighted by atomic mass is 19.1. The van der Waals surface area contributed by atoms with Crippen LogP contribution in [0.5, 0.6) is 11.5 Å². The van der Waals surface area contributed by atoms with E-state index in [2.05, 4.69) is 15.6 Å². The van der Waals surface area contributed by atoms with Gasteiger partial charge in [0.2, 0.25) is 5.91 Å². The number of halogens is 1. The van der Waals surface area contributed by atoms with Gasteiger partial charge < -0.3 is 20.5 Å². The number of fused-ring (bicyclic) bond motifs is 1. The molecule has 1 aliphatic heterocycles. The molecule has 0 fully saturated rings. The van der Waals surface area contributed by atoms with Crippen LogP contribution in [-0.4, -0.2) is 34.1 Å². The minimum atomic E-state index is -0.744. The van der Waals surface area contributed by atoms with Gasteiger partial charge in [-0.25, -0.2) is 9.37 Å². The number of carbonyl (C=O) groups excluding carboxylic acids is 2. The number of nitrogens with zero attached hydrogens (tertiary/aromatic N) is 1. The summed E-state index contributed by atoms with van der Waals surface area (Å²) in [5, 5.41) is 15.0.